The van der Waals surface area contributed by atoms with E-state index < -0.39 is 10.8 Å². The van der Waals surface area contributed by atoms with Gasteiger partial charge in [-0.05, 0) is 44.2 Å². The van der Waals surface area contributed by atoms with E-state index in [4.69, 9.17) is 16.3 Å². The summed E-state index contributed by atoms with van der Waals surface area (Å²) in [4.78, 5) is 22.5. The summed E-state index contributed by atoms with van der Waals surface area (Å²) >= 11 is 6.24. The number of halogens is 1. The first-order valence-electron chi connectivity index (χ1n) is 8.92. The van der Waals surface area contributed by atoms with Crippen molar-refractivity contribution in [1.29, 1.82) is 0 Å². The zero-order valence-electron chi connectivity index (χ0n) is 16.5. The molecule has 1 aromatic heterocycles. The van der Waals surface area contributed by atoms with Gasteiger partial charge in [0.15, 0.2) is 0 Å². The van der Waals surface area contributed by atoms with Crippen molar-refractivity contribution in [3.63, 3.8) is 0 Å². The lowest BCUT2D eigenvalue weighted by Gasteiger charge is -2.11. The van der Waals surface area contributed by atoms with Gasteiger partial charge >= 0.3 is 0 Å². The van der Waals surface area contributed by atoms with E-state index >= 15 is 0 Å². The molecule has 1 amide bonds. The highest BCUT2D eigenvalue weighted by Gasteiger charge is 2.13. The van der Waals surface area contributed by atoms with Crippen LogP contribution in [0.2, 0.25) is 5.02 Å². The third-order valence-electron chi connectivity index (χ3n) is 4.55. The van der Waals surface area contributed by atoms with Crippen LogP contribution in [-0.4, -0.2) is 28.7 Å². The Morgan fingerprint density at radius 3 is 2.67 bits per heavy atom. The molecule has 0 aliphatic carbocycles. The van der Waals surface area contributed by atoms with Crippen LogP contribution in [0.4, 0.5) is 5.69 Å². The molecule has 0 radical (unpaired) electrons. The molecule has 3 aromatic rings. The maximum absolute atomic E-state index is 12.2. The number of benzene rings is 2. The minimum Gasteiger partial charge on any atom is -0.495 e. The molecular formula is C21H19ClN4O4. The molecule has 0 fully saturated rings. The Labute approximate surface area is 177 Å². The molecule has 154 valence electrons. The molecule has 8 nitrogen and oxygen atoms in total. The third kappa shape index (κ3) is 4.33. The lowest BCUT2D eigenvalue weighted by atomic mass is 10.2. The summed E-state index contributed by atoms with van der Waals surface area (Å²) in [5.41, 5.74) is 5.93. The van der Waals surface area contributed by atoms with Crippen molar-refractivity contribution < 1.29 is 14.5 Å². The van der Waals surface area contributed by atoms with Gasteiger partial charge in [0.2, 0.25) is 0 Å². The van der Waals surface area contributed by atoms with Crippen LogP contribution in [0.1, 0.15) is 27.3 Å². The van der Waals surface area contributed by atoms with Gasteiger partial charge in [-0.25, -0.2) is 5.43 Å². The Kier molecular flexibility index (Phi) is 6.17. The molecule has 0 unspecified atom stereocenters. The Morgan fingerprint density at radius 2 is 2.00 bits per heavy atom. The van der Waals surface area contributed by atoms with Gasteiger partial charge in [0.25, 0.3) is 11.6 Å². The fourth-order valence-corrected chi connectivity index (χ4v) is 3.35. The van der Waals surface area contributed by atoms with E-state index in [9.17, 15) is 14.9 Å². The number of hydrogen-bond donors (Lipinski definition) is 1. The lowest BCUT2D eigenvalue weighted by molar-refractivity contribution is -0.384. The average molecular weight is 427 g/mol. The first-order chi connectivity index (χ1) is 14.3. The topological polar surface area (TPSA) is 98.8 Å². The monoisotopic (exact) mass is 426 g/mol. The molecule has 0 saturated carbocycles. The highest BCUT2D eigenvalue weighted by molar-refractivity contribution is 6.32. The van der Waals surface area contributed by atoms with E-state index in [1.807, 2.05) is 36.6 Å². The van der Waals surface area contributed by atoms with E-state index in [1.54, 1.807) is 13.2 Å². The summed E-state index contributed by atoms with van der Waals surface area (Å²) in [5, 5.41) is 15.3. The summed E-state index contributed by atoms with van der Waals surface area (Å²) in [5.74, 6) is 0.0548. The van der Waals surface area contributed by atoms with Crippen molar-refractivity contribution in [2.45, 2.75) is 13.8 Å². The van der Waals surface area contributed by atoms with Crippen LogP contribution in [0.25, 0.3) is 5.69 Å². The maximum Gasteiger partial charge on any atom is 0.271 e. The first kappa shape index (κ1) is 21.1. The van der Waals surface area contributed by atoms with Crippen molar-refractivity contribution in [2.24, 2.45) is 5.10 Å². The maximum atomic E-state index is 12.2. The first-order valence-corrected chi connectivity index (χ1v) is 9.30. The second-order valence-corrected chi connectivity index (χ2v) is 6.89. The smallest absolute Gasteiger partial charge is 0.271 e. The molecular weight excluding hydrogens is 408 g/mol. The Morgan fingerprint density at radius 1 is 1.23 bits per heavy atom. The van der Waals surface area contributed by atoms with Crippen LogP contribution in [0.5, 0.6) is 5.75 Å². The van der Waals surface area contributed by atoms with Gasteiger partial charge in [0.05, 0.1) is 23.3 Å². The van der Waals surface area contributed by atoms with Crippen LogP contribution in [0.15, 0.2) is 53.6 Å². The Bertz CT molecular complexity index is 1150. The van der Waals surface area contributed by atoms with Crippen molar-refractivity contribution >= 4 is 29.4 Å². The molecule has 0 aliphatic heterocycles. The molecule has 0 spiro atoms. The Hall–Kier alpha value is -3.65. The molecule has 0 bridgehead atoms. The second-order valence-electron chi connectivity index (χ2n) is 6.49. The van der Waals surface area contributed by atoms with E-state index in [2.05, 4.69) is 10.5 Å². The normalized spacial score (nSPS) is 10.9. The number of rotatable bonds is 6. The van der Waals surface area contributed by atoms with Gasteiger partial charge in [-0.15, -0.1) is 0 Å². The summed E-state index contributed by atoms with van der Waals surface area (Å²) < 4.78 is 7.20. The number of nitro benzene ring substituents is 1. The fraction of sp³-hybridized carbons (Fsp3) is 0.143. The minimum atomic E-state index is -0.555. The summed E-state index contributed by atoms with van der Waals surface area (Å²) in [7, 11) is 1.56. The highest BCUT2D eigenvalue weighted by Crippen LogP contribution is 2.29. The molecule has 2 aromatic carbocycles. The molecule has 9 heteroatoms. The van der Waals surface area contributed by atoms with Crippen LogP contribution in [0, 0.1) is 24.0 Å². The number of hydrazone groups is 1. The number of non-ortho nitro benzene ring substituents is 1. The van der Waals surface area contributed by atoms with Crippen LogP contribution in [0.3, 0.4) is 0 Å². The van der Waals surface area contributed by atoms with E-state index in [1.165, 1.54) is 30.5 Å². The average Bonchev–Trinajstić information content (AvgIpc) is 3.01. The summed E-state index contributed by atoms with van der Waals surface area (Å²) in [6.45, 7) is 3.87. The number of amides is 1. The second kappa shape index (κ2) is 8.79. The van der Waals surface area contributed by atoms with Crippen molar-refractivity contribution in [1.82, 2.24) is 9.99 Å². The Balaban J connectivity index is 1.79. The zero-order chi connectivity index (χ0) is 21.8. The molecule has 1 heterocycles. The number of hydrogen-bond acceptors (Lipinski definition) is 5. The molecule has 30 heavy (non-hydrogen) atoms. The predicted molar refractivity (Wildman–Crippen MR) is 115 cm³/mol. The number of carbonyl (C=O) groups is 1. The third-order valence-corrected chi connectivity index (χ3v) is 4.85. The number of aryl methyl sites for hydroxylation is 1. The number of aromatic nitrogens is 1. The largest absolute Gasteiger partial charge is 0.495 e. The van der Waals surface area contributed by atoms with Crippen LogP contribution in [-0.2, 0) is 0 Å². The molecule has 3 rings (SSSR count). The predicted octanol–water partition coefficient (Wildman–Crippen LogP) is 4.43. The number of nitrogens with zero attached hydrogens (tertiary/aromatic N) is 3. The summed E-state index contributed by atoms with van der Waals surface area (Å²) in [6, 6.07) is 12.9. The number of nitro groups is 1. The highest BCUT2D eigenvalue weighted by atomic mass is 35.5. The number of carbonyl (C=O) groups excluding carboxylic acids is 1. The zero-order valence-corrected chi connectivity index (χ0v) is 17.3. The lowest BCUT2D eigenvalue weighted by Crippen LogP contribution is -2.17. The molecule has 0 saturated heterocycles. The molecule has 0 aliphatic rings. The van der Waals surface area contributed by atoms with Crippen LogP contribution >= 0.6 is 11.6 Å². The number of methoxy groups -OCH3 is 1. The van der Waals surface area contributed by atoms with Gasteiger partial charge in [0, 0.05) is 40.3 Å². The van der Waals surface area contributed by atoms with Gasteiger partial charge in [-0.1, -0.05) is 17.7 Å². The molecule has 0 atom stereocenters. The van der Waals surface area contributed by atoms with Gasteiger partial charge in [0.1, 0.15) is 5.75 Å². The van der Waals surface area contributed by atoms with Crippen molar-refractivity contribution in [3.05, 3.63) is 86.2 Å². The van der Waals surface area contributed by atoms with Crippen LogP contribution < -0.4 is 10.2 Å². The minimum absolute atomic E-state index is 0.152. The standard InChI is InChI=1S/C21H19ClN4O4/c1-13-9-16(14(2)25(13)17-7-8-20(30-3)19(22)11-17)12-23-24-21(27)15-5-4-6-18(10-15)26(28)29/h4-12H,1-3H3,(H,24,27)/b23-12-. The SMILES string of the molecule is COc1ccc(-n2c(C)cc(/C=N\NC(=O)c3cccc([N+](=O)[O-])c3)c2C)cc1Cl. The van der Waals surface area contributed by atoms with Gasteiger partial charge < -0.3 is 9.30 Å². The summed E-state index contributed by atoms with van der Waals surface area (Å²) in [6.07, 6.45) is 1.53. The molecule has 1 N–H and O–H groups in total. The van der Waals surface area contributed by atoms with E-state index in [0.717, 1.165) is 22.6 Å². The van der Waals surface area contributed by atoms with Gasteiger partial charge in [-0.3, -0.25) is 14.9 Å². The van der Waals surface area contributed by atoms with Crippen molar-refractivity contribution in [3.8, 4) is 11.4 Å². The number of ether oxygens (including phenoxy) is 1. The van der Waals surface area contributed by atoms with Crippen molar-refractivity contribution in [2.75, 3.05) is 7.11 Å². The fourth-order valence-electron chi connectivity index (χ4n) is 3.10. The number of nitrogens with one attached hydrogen (secondary N) is 1. The van der Waals surface area contributed by atoms with Gasteiger partial charge in [-0.2, -0.15) is 5.10 Å². The van der Waals surface area contributed by atoms with E-state index in [-0.39, 0.29) is 11.3 Å². The van der Waals surface area contributed by atoms with E-state index in [0.29, 0.717) is 10.8 Å². The quantitative estimate of drug-likeness (QED) is 0.358.